The van der Waals surface area contributed by atoms with Crippen LogP contribution in [0.2, 0.25) is 4.34 Å². The van der Waals surface area contributed by atoms with Gasteiger partial charge < -0.3 is 10.1 Å². The molecule has 21 heavy (non-hydrogen) atoms. The van der Waals surface area contributed by atoms with E-state index in [0.29, 0.717) is 13.2 Å². The lowest BCUT2D eigenvalue weighted by Gasteiger charge is -2.18. The highest BCUT2D eigenvalue weighted by Gasteiger charge is 2.16. The quantitative estimate of drug-likeness (QED) is 0.737. The van der Waals surface area contributed by atoms with Crippen LogP contribution in [0.25, 0.3) is 0 Å². The number of methoxy groups -OCH3 is 1. The van der Waals surface area contributed by atoms with Gasteiger partial charge in [0.1, 0.15) is 5.82 Å². The van der Waals surface area contributed by atoms with Crippen LogP contribution in [0.4, 0.5) is 4.39 Å². The van der Waals surface area contributed by atoms with Gasteiger partial charge in [-0.1, -0.05) is 29.8 Å². The maximum atomic E-state index is 14.0. The second-order valence-corrected chi connectivity index (χ2v) is 6.62. The van der Waals surface area contributed by atoms with Crippen LogP contribution in [-0.2, 0) is 11.2 Å². The molecule has 0 aliphatic rings. The highest BCUT2D eigenvalue weighted by atomic mass is 35.5. The summed E-state index contributed by atoms with van der Waals surface area (Å²) in [5.74, 6) is -0.0727. The molecule has 0 radical (unpaired) electrons. The van der Waals surface area contributed by atoms with Crippen molar-refractivity contribution >= 4 is 22.9 Å². The van der Waals surface area contributed by atoms with Crippen molar-refractivity contribution in [1.29, 1.82) is 0 Å². The number of thiophene rings is 1. The van der Waals surface area contributed by atoms with E-state index in [-0.39, 0.29) is 11.7 Å². The van der Waals surface area contributed by atoms with Gasteiger partial charge in [-0.2, -0.15) is 0 Å². The summed E-state index contributed by atoms with van der Waals surface area (Å²) in [6.45, 7) is 2.11. The molecular formula is C16H19ClFNOS. The standard InChI is InChI=1S/C16H19ClFNOS/c1-20-9-8-19-11-12(10-13-6-7-16(17)21-13)14-4-2-3-5-15(14)18/h2-7,12,19H,8-11H2,1H3. The Balaban J connectivity index is 2.08. The van der Waals surface area contributed by atoms with Gasteiger partial charge in [0.25, 0.3) is 0 Å². The number of rotatable bonds is 8. The summed E-state index contributed by atoms with van der Waals surface area (Å²) >= 11 is 7.53. The van der Waals surface area contributed by atoms with Gasteiger partial charge >= 0.3 is 0 Å². The Bertz CT molecular complexity index is 561. The molecule has 1 N–H and O–H groups in total. The lowest BCUT2D eigenvalue weighted by Crippen LogP contribution is -2.26. The molecule has 0 aliphatic carbocycles. The molecule has 0 bridgehead atoms. The third-order valence-electron chi connectivity index (χ3n) is 3.30. The van der Waals surface area contributed by atoms with Gasteiger partial charge in [0.2, 0.25) is 0 Å². The molecule has 1 atom stereocenters. The van der Waals surface area contributed by atoms with Crippen LogP contribution >= 0.6 is 22.9 Å². The molecule has 2 aromatic rings. The van der Waals surface area contributed by atoms with Crippen LogP contribution in [0.3, 0.4) is 0 Å². The highest BCUT2D eigenvalue weighted by Crippen LogP contribution is 2.28. The van der Waals surface area contributed by atoms with Gasteiger partial charge in [-0.05, 0) is 30.2 Å². The molecule has 1 unspecified atom stereocenters. The second kappa shape index (κ2) is 8.49. The maximum absolute atomic E-state index is 14.0. The molecule has 1 aromatic carbocycles. The summed E-state index contributed by atoms with van der Waals surface area (Å²) in [6, 6.07) is 10.9. The van der Waals surface area contributed by atoms with E-state index in [1.165, 1.54) is 10.9 Å². The molecular weight excluding hydrogens is 309 g/mol. The smallest absolute Gasteiger partial charge is 0.126 e. The van der Waals surface area contributed by atoms with Crippen molar-refractivity contribution < 1.29 is 9.13 Å². The van der Waals surface area contributed by atoms with Crippen molar-refractivity contribution in [3.8, 4) is 0 Å². The summed E-state index contributed by atoms with van der Waals surface area (Å²) in [6.07, 6.45) is 0.776. The number of hydrogen-bond acceptors (Lipinski definition) is 3. The minimum atomic E-state index is -0.154. The third kappa shape index (κ3) is 5.08. The molecule has 5 heteroatoms. The van der Waals surface area contributed by atoms with Crippen molar-refractivity contribution in [3.05, 3.63) is 57.0 Å². The van der Waals surface area contributed by atoms with Crippen LogP contribution in [0.15, 0.2) is 36.4 Å². The number of ether oxygens (including phenoxy) is 1. The Morgan fingerprint density at radius 1 is 1.29 bits per heavy atom. The van der Waals surface area contributed by atoms with Crippen LogP contribution < -0.4 is 5.32 Å². The lowest BCUT2D eigenvalue weighted by atomic mass is 9.94. The first-order valence-corrected chi connectivity index (χ1v) is 8.08. The first-order chi connectivity index (χ1) is 10.2. The summed E-state index contributed by atoms with van der Waals surface area (Å²) < 4.78 is 19.8. The fourth-order valence-corrected chi connectivity index (χ4v) is 3.42. The number of benzene rings is 1. The van der Waals surface area contributed by atoms with Crippen LogP contribution in [-0.4, -0.2) is 26.8 Å². The SMILES string of the molecule is COCCNCC(Cc1ccc(Cl)s1)c1ccccc1F. The summed E-state index contributed by atoms with van der Waals surface area (Å²) in [5, 5.41) is 3.32. The zero-order valence-corrected chi connectivity index (χ0v) is 13.5. The van der Waals surface area contributed by atoms with Crippen molar-refractivity contribution in [3.63, 3.8) is 0 Å². The van der Waals surface area contributed by atoms with Crippen molar-refractivity contribution in [1.82, 2.24) is 5.32 Å². The molecule has 1 aromatic heterocycles. The molecule has 0 aliphatic heterocycles. The molecule has 2 rings (SSSR count). The topological polar surface area (TPSA) is 21.3 Å². The highest BCUT2D eigenvalue weighted by molar-refractivity contribution is 7.16. The molecule has 114 valence electrons. The summed E-state index contributed by atoms with van der Waals surface area (Å²) in [5.41, 5.74) is 0.743. The Morgan fingerprint density at radius 3 is 2.76 bits per heavy atom. The Hall–Kier alpha value is -0.940. The third-order valence-corrected chi connectivity index (χ3v) is 4.55. The van der Waals surface area contributed by atoms with Crippen LogP contribution in [0.1, 0.15) is 16.4 Å². The van der Waals surface area contributed by atoms with E-state index in [1.807, 2.05) is 24.3 Å². The predicted molar refractivity (Wildman–Crippen MR) is 86.9 cm³/mol. The van der Waals surface area contributed by atoms with Crippen molar-refractivity contribution in [2.24, 2.45) is 0 Å². The van der Waals surface area contributed by atoms with E-state index in [9.17, 15) is 4.39 Å². The summed E-state index contributed by atoms with van der Waals surface area (Å²) in [4.78, 5) is 1.17. The maximum Gasteiger partial charge on any atom is 0.126 e. The molecule has 2 nitrogen and oxygen atoms in total. The van der Waals surface area contributed by atoms with Crippen molar-refractivity contribution in [2.75, 3.05) is 26.8 Å². The second-order valence-electron chi connectivity index (χ2n) is 4.83. The summed E-state index contributed by atoms with van der Waals surface area (Å²) in [7, 11) is 1.67. The first-order valence-electron chi connectivity index (χ1n) is 6.89. The molecule has 1 heterocycles. The largest absolute Gasteiger partial charge is 0.383 e. The average molecular weight is 328 g/mol. The Kier molecular flexibility index (Phi) is 6.64. The fourth-order valence-electron chi connectivity index (χ4n) is 2.25. The average Bonchev–Trinajstić information content (AvgIpc) is 2.88. The monoisotopic (exact) mass is 327 g/mol. The predicted octanol–water partition coefficient (Wildman–Crippen LogP) is 4.10. The number of halogens is 2. The minimum Gasteiger partial charge on any atom is -0.383 e. The molecule has 0 fully saturated rings. The molecule has 0 amide bonds. The first kappa shape index (κ1) is 16.4. The van der Waals surface area contributed by atoms with E-state index in [0.717, 1.165) is 22.9 Å². The van der Waals surface area contributed by atoms with E-state index in [4.69, 9.17) is 16.3 Å². The minimum absolute atomic E-state index is 0.0813. The van der Waals surface area contributed by atoms with Crippen LogP contribution in [0.5, 0.6) is 0 Å². The number of nitrogens with one attached hydrogen (secondary N) is 1. The zero-order valence-electron chi connectivity index (χ0n) is 11.9. The number of hydrogen-bond donors (Lipinski definition) is 1. The van der Waals surface area contributed by atoms with E-state index in [2.05, 4.69) is 5.32 Å². The Labute approximate surface area is 133 Å². The van der Waals surface area contributed by atoms with E-state index < -0.39 is 0 Å². The molecule has 0 saturated heterocycles. The van der Waals surface area contributed by atoms with Crippen molar-refractivity contribution in [2.45, 2.75) is 12.3 Å². The van der Waals surface area contributed by atoms with E-state index >= 15 is 0 Å². The zero-order chi connectivity index (χ0) is 15.1. The van der Waals surface area contributed by atoms with Crippen LogP contribution in [0, 0.1) is 5.82 Å². The van der Waals surface area contributed by atoms with Gasteiger partial charge in [0.05, 0.1) is 10.9 Å². The van der Waals surface area contributed by atoms with Gasteiger partial charge in [0.15, 0.2) is 0 Å². The normalized spacial score (nSPS) is 12.5. The molecule has 0 saturated carbocycles. The van der Waals surface area contributed by atoms with Gasteiger partial charge in [-0.25, -0.2) is 4.39 Å². The van der Waals surface area contributed by atoms with Gasteiger partial charge in [0, 0.05) is 31.0 Å². The molecule has 0 spiro atoms. The Morgan fingerprint density at radius 2 is 2.10 bits per heavy atom. The lowest BCUT2D eigenvalue weighted by molar-refractivity contribution is 0.199. The van der Waals surface area contributed by atoms with Gasteiger partial charge in [-0.3, -0.25) is 0 Å². The van der Waals surface area contributed by atoms with E-state index in [1.54, 1.807) is 24.5 Å². The fraction of sp³-hybridized carbons (Fsp3) is 0.375. The van der Waals surface area contributed by atoms with Gasteiger partial charge in [-0.15, -0.1) is 11.3 Å².